The minimum Gasteiger partial charge on any atom is -0.494 e. The van der Waals surface area contributed by atoms with Crippen molar-refractivity contribution in [2.45, 2.75) is 32.1 Å². The number of hydrogen-bond acceptors (Lipinski definition) is 8. The molecule has 198 valence electrons. The van der Waals surface area contributed by atoms with Crippen LogP contribution in [-0.2, 0) is 4.79 Å². The van der Waals surface area contributed by atoms with Crippen molar-refractivity contribution in [1.29, 1.82) is 0 Å². The van der Waals surface area contributed by atoms with Crippen LogP contribution < -0.4 is 15.4 Å². The Kier molecular flexibility index (Phi) is 7.75. The minimum atomic E-state index is -2.83. The Hall–Kier alpha value is -4.42. The SMILES string of the molecule is COc1cnc(C(F)F)cc1-c1cc(C#CCC2CCNC2=O)ncc1C(=O)Nc1nnc(C#CC2CC2)s1. The van der Waals surface area contributed by atoms with Gasteiger partial charge in [-0.15, -0.1) is 10.2 Å². The Balaban J connectivity index is 1.48. The number of nitrogens with one attached hydrogen (secondary N) is 2. The van der Waals surface area contributed by atoms with Crippen LogP contribution in [0.25, 0.3) is 11.1 Å². The third kappa shape index (κ3) is 6.36. The number of carbonyl (C=O) groups excluding carboxylic acids is 2. The van der Waals surface area contributed by atoms with E-state index >= 15 is 0 Å². The van der Waals surface area contributed by atoms with Crippen molar-refractivity contribution in [1.82, 2.24) is 25.5 Å². The second kappa shape index (κ2) is 11.5. The molecule has 5 rings (SSSR count). The van der Waals surface area contributed by atoms with Gasteiger partial charge in [0, 0.05) is 36.2 Å². The molecule has 0 bridgehead atoms. The normalized spacial score (nSPS) is 16.1. The number of halogens is 2. The molecule has 1 saturated carbocycles. The zero-order chi connectivity index (χ0) is 27.4. The predicted molar refractivity (Wildman–Crippen MR) is 139 cm³/mol. The molecule has 0 aromatic carbocycles. The third-order valence-corrected chi connectivity index (χ3v) is 6.86. The maximum absolute atomic E-state index is 13.5. The molecule has 4 heterocycles. The van der Waals surface area contributed by atoms with Gasteiger partial charge in [0.2, 0.25) is 11.0 Å². The number of rotatable bonds is 6. The highest BCUT2D eigenvalue weighted by molar-refractivity contribution is 7.15. The number of ether oxygens (including phenoxy) is 1. The first-order valence-electron chi connectivity index (χ1n) is 12.2. The van der Waals surface area contributed by atoms with Crippen LogP contribution in [0, 0.1) is 35.5 Å². The summed E-state index contributed by atoms with van der Waals surface area (Å²) in [6, 6.07) is 2.70. The minimum absolute atomic E-state index is 0.0376. The molecule has 0 spiro atoms. The second-order valence-corrected chi connectivity index (χ2v) is 9.90. The molecule has 9 nitrogen and oxygen atoms in total. The Morgan fingerprint density at radius 2 is 2.03 bits per heavy atom. The molecule has 2 aliphatic rings. The van der Waals surface area contributed by atoms with E-state index in [2.05, 4.69) is 54.5 Å². The summed E-state index contributed by atoms with van der Waals surface area (Å²) in [4.78, 5) is 33.2. The molecular formula is C27H22F2N6O3S. The molecule has 0 radical (unpaired) electrons. The van der Waals surface area contributed by atoms with Crippen LogP contribution in [0.1, 0.15) is 58.9 Å². The molecule has 2 N–H and O–H groups in total. The fourth-order valence-electron chi connectivity index (χ4n) is 3.86. The molecular weight excluding hydrogens is 526 g/mol. The van der Waals surface area contributed by atoms with Gasteiger partial charge in [0.25, 0.3) is 12.3 Å². The summed E-state index contributed by atoms with van der Waals surface area (Å²) in [6.07, 6.45) is 2.87. The van der Waals surface area contributed by atoms with Crippen LogP contribution in [0.3, 0.4) is 0 Å². The summed E-state index contributed by atoms with van der Waals surface area (Å²) in [5.41, 5.74) is 0.399. The molecule has 1 aliphatic heterocycles. The Labute approximate surface area is 226 Å². The summed E-state index contributed by atoms with van der Waals surface area (Å²) in [6.45, 7) is 0.620. The van der Waals surface area contributed by atoms with E-state index in [0.717, 1.165) is 24.2 Å². The van der Waals surface area contributed by atoms with Gasteiger partial charge in [-0.25, -0.2) is 13.8 Å². The lowest BCUT2D eigenvalue weighted by molar-refractivity contribution is -0.122. The first-order valence-corrected chi connectivity index (χ1v) is 13.0. The van der Waals surface area contributed by atoms with Crippen LogP contribution in [-0.4, -0.2) is 45.6 Å². The van der Waals surface area contributed by atoms with E-state index in [1.54, 1.807) is 0 Å². The monoisotopic (exact) mass is 548 g/mol. The van der Waals surface area contributed by atoms with E-state index in [9.17, 15) is 18.4 Å². The maximum atomic E-state index is 13.5. The first kappa shape index (κ1) is 26.2. The first-order chi connectivity index (χ1) is 18.9. The van der Waals surface area contributed by atoms with Crippen LogP contribution >= 0.6 is 11.3 Å². The molecule has 2 fully saturated rings. The van der Waals surface area contributed by atoms with Crippen molar-refractivity contribution in [3.05, 3.63) is 46.5 Å². The summed E-state index contributed by atoms with van der Waals surface area (Å²) < 4.78 is 32.4. The van der Waals surface area contributed by atoms with Gasteiger partial charge in [0.15, 0.2) is 5.01 Å². The Bertz CT molecular complexity index is 1550. The molecule has 1 saturated heterocycles. The quantitative estimate of drug-likeness (QED) is 0.450. The molecule has 3 aromatic heterocycles. The molecule has 12 heteroatoms. The predicted octanol–water partition coefficient (Wildman–Crippen LogP) is 3.83. The lowest BCUT2D eigenvalue weighted by atomic mass is 9.99. The number of alkyl halides is 2. The summed E-state index contributed by atoms with van der Waals surface area (Å²) in [5.74, 6) is 11.7. The number of methoxy groups -OCH3 is 1. The van der Waals surface area contributed by atoms with Crippen molar-refractivity contribution >= 4 is 28.3 Å². The Morgan fingerprint density at radius 3 is 2.74 bits per heavy atom. The molecule has 2 amide bonds. The summed E-state index contributed by atoms with van der Waals surface area (Å²) in [5, 5.41) is 14.1. The third-order valence-electron chi connectivity index (χ3n) is 6.10. The molecule has 1 unspecified atom stereocenters. The number of pyridine rings is 2. The average Bonchev–Trinajstić information content (AvgIpc) is 3.52. The van der Waals surface area contributed by atoms with Gasteiger partial charge in [0.05, 0.1) is 24.8 Å². The van der Waals surface area contributed by atoms with Gasteiger partial charge in [-0.3, -0.25) is 19.9 Å². The smallest absolute Gasteiger partial charge is 0.280 e. The fraction of sp³-hybridized carbons (Fsp3) is 0.333. The highest BCUT2D eigenvalue weighted by Gasteiger charge is 2.24. The van der Waals surface area contributed by atoms with E-state index < -0.39 is 18.0 Å². The Morgan fingerprint density at radius 1 is 1.18 bits per heavy atom. The van der Waals surface area contributed by atoms with Gasteiger partial charge in [-0.05, 0) is 43.2 Å². The van der Waals surface area contributed by atoms with Crippen LogP contribution in [0.4, 0.5) is 13.9 Å². The zero-order valence-electron chi connectivity index (χ0n) is 20.8. The molecule has 1 aliphatic carbocycles. The highest BCUT2D eigenvalue weighted by atomic mass is 32.1. The lowest BCUT2D eigenvalue weighted by Crippen LogP contribution is -2.18. The van der Waals surface area contributed by atoms with Crippen molar-refractivity contribution in [2.75, 3.05) is 19.0 Å². The van der Waals surface area contributed by atoms with E-state index in [1.807, 2.05) is 0 Å². The fourth-order valence-corrected chi connectivity index (χ4v) is 4.46. The van der Waals surface area contributed by atoms with Gasteiger partial charge < -0.3 is 10.1 Å². The lowest BCUT2D eigenvalue weighted by Gasteiger charge is -2.14. The average molecular weight is 549 g/mol. The maximum Gasteiger partial charge on any atom is 0.280 e. The number of anilines is 1. The summed E-state index contributed by atoms with van der Waals surface area (Å²) in [7, 11) is 1.38. The van der Waals surface area contributed by atoms with Crippen molar-refractivity contribution < 1.29 is 23.1 Å². The van der Waals surface area contributed by atoms with E-state index in [0.29, 0.717) is 36.0 Å². The zero-order valence-corrected chi connectivity index (χ0v) is 21.6. The number of hydrogen-bond donors (Lipinski definition) is 2. The molecule has 1 atom stereocenters. The number of aromatic nitrogens is 4. The van der Waals surface area contributed by atoms with E-state index in [1.165, 1.54) is 31.6 Å². The van der Waals surface area contributed by atoms with Gasteiger partial charge in [-0.2, -0.15) is 0 Å². The van der Waals surface area contributed by atoms with Crippen LogP contribution in [0.2, 0.25) is 0 Å². The van der Waals surface area contributed by atoms with Crippen molar-refractivity contribution in [2.24, 2.45) is 11.8 Å². The van der Waals surface area contributed by atoms with Crippen molar-refractivity contribution in [3.8, 4) is 40.6 Å². The van der Waals surface area contributed by atoms with Gasteiger partial charge >= 0.3 is 0 Å². The molecule has 39 heavy (non-hydrogen) atoms. The van der Waals surface area contributed by atoms with E-state index in [4.69, 9.17) is 4.74 Å². The highest BCUT2D eigenvalue weighted by Crippen LogP contribution is 2.35. The van der Waals surface area contributed by atoms with Gasteiger partial charge in [-0.1, -0.05) is 23.2 Å². The number of nitrogens with zero attached hydrogens (tertiary/aromatic N) is 4. The van der Waals surface area contributed by atoms with Crippen LogP contribution in [0.5, 0.6) is 5.75 Å². The van der Waals surface area contributed by atoms with Crippen molar-refractivity contribution in [3.63, 3.8) is 0 Å². The number of carbonyl (C=O) groups is 2. The second-order valence-electron chi connectivity index (χ2n) is 8.92. The standard InChI is InChI=1S/C27H22F2N6O3S/c1-38-22-14-32-21(24(28)29)12-19(22)18-11-17(4-2-3-16-9-10-30-25(16)36)31-13-20(18)26(37)33-27-35-34-23(39-27)8-7-15-5-6-15/h11-16,24H,3,5-6,9-10H2,1H3,(H,30,36)(H,33,35,37). The largest absolute Gasteiger partial charge is 0.494 e. The van der Waals surface area contributed by atoms with E-state index in [-0.39, 0.29) is 39.4 Å². The molecule has 3 aromatic rings. The van der Waals surface area contributed by atoms with Crippen LogP contribution in [0.15, 0.2) is 24.5 Å². The van der Waals surface area contributed by atoms with Gasteiger partial charge in [0.1, 0.15) is 17.1 Å². The summed E-state index contributed by atoms with van der Waals surface area (Å²) >= 11 is 1.13. The topological polar surface area (TPSA) is 119 Å². The number of amides is 2.